The molecule has 0 heterocycles. The zero-order valence-electron chi connectivity index (χ0n) is 10.2. The second-order valence-corrected chi connectivity index (χ2v) is 4.50. The van der Waals surface area contributed by atoms with Crippen LogP contribution < -0.4 is 5.73 Å². The number of rotatable bonds is 5. The molecule has 4 heteroatoms. The largest absolute Gasteiger partial charge is 0.443 e. The molecule has 0 spiro atoms. The SMILES string of the molecule is CC(C)(OC(N)=O)C(CCO)c1ccccc1. The number of carbonyl (C=O) groups is 1. The van der Waals surface area contributed by atoms with Gasteiger partial charge in [-0.25, -0.2) is 4.79 Å². The van der Waals surface area contributed by atoms with Crippen LogP contribution in [0.4, 0.5) is 4.79 Å². The van der Waals surface area contributed by atoms with E-state index in [2.05, 4.69) is 0 Å². The molecule has 17 heavy (non-hydrogen) atoms. The van der Waals surface area contributed by atoms with Crippen LogP contribution in [0.25, 0.3) is 0 Å². The third kappa shape index (κ3) is 3.75. The van der Waals surface area contributed by atoms with Crippen molar-refractivity contribution in [1.29, 1.82) is 0 Å². The molecule has 1 rings (SSSR count). The fourth-order valence-corrected chi connectivity index (χ4v) is 2.06. The van der Waals surface area contributed by atoms with E-state index in [-0.39, 0.29) is 12.5 Å². The summed E-state index contributed by atoms with van der Waals surface area (Å²) in [5.74, 6) is -0.0822. The number of carbonyl (C=O) groups excluding carboxylic acids is 1. The van der Waals surface area contributed by atoms with Crippen molar-refractivity contribution in [2.45, 2.75) is 31.8 Å². The first-order valence-corrected chi connectivity index (χ1v) is 5.61. The molecule has 0 saturated carbocycles. The predicted octanol–water partition coefficient (Wildman–Crippen LogP) is 2.03. The van der Waals surface area contributed by atoms with E-state index in [4.69, 9.17) is 15.6 Å². The van der Waals surface area contributed by atoms with Crippen LogP contribution >= 0.6 is 0 Å². The van der Waals surface area contributed by atoms with Crippen LogP contribution in [0.5, 0.6) is 0 Å². The summed E-state index contributed by atoms with van der Waals surface area (Å²) in [6, 6.07) is 9.65. The van der Waals surface area contributed by atoms with E-state index in [0.29, 0.717) is 6.42 Å². The van der Waals surface area contributed by atoms with Gasteiger partial charge in [0.15, 0.2) is 0 Å². The van der Waals surface area contributed by atoms with E-state index < -0.39 is 11.7 Å². The average molecular weight is 237 g/mol. The van der Waals surface area contributed by atoms with Crippen LogP contribution in [0.2, 0.25) is 0 Å². The first kappa shape index (κ1) is 13.5. The number of benzene rings is 1. The molecule has 0 fully saturated rings. The van der Waals surface area contributed by atoms with Gasteiger partial charge in [-0.3, -0.25) is 0 Å². The average Bonchev–Trinajstić information content (AvgIpc) is 2.25. The third-order valence-corrected chi connectivity index (χ3v) is 2.82. The highest BCUT2D eigenvalue weighted by molar-refractivity contribution is 5.65. The van der Waals surface area contributed by atoms with Gasteiger partial charge < -0.3 is 15.6 Å². The Kier molecular flexibility index (Phi) is 4.52. The number of hydrogen-bond acceptors (Lipinski definition) is 3. The van der Waals surface area contributed by atoms with E-state index in [1.54, 1.807) is 13.8 Å². The maximum atomic E-state index is 10.9. The molecular weight excluding hydrogens is 218 g/mol. The highest BCUT2D eigenvalue weighted by Gasteiger charge is 2.33. The summed E-state index contributed by atoms with van der Waals surface area (Å²) < 4.78 is 5.13. The molecule has 1 atom stereocenters. The van der Waals surface area contributed by atoms with Gasteiger partial charge in [0.05, 0.1) is 0 Å². The van der Waals surface area contributed by atoms with Crippen LogP contribution in [0.3, 0.4) is 0 Å². The second-order valence-electron chi connectivity index (χ2n) is 4.50. The molecule has 0 bridgehead atoms. The number of aliphatic hydroxyl groups is 1. The minimum Gasteiger partial charge on any atom is -0.443 e. The molecular formula is C13H19NO3. The molecule has 0 saturated heterocycles. The lowest BCUT2D eigenvalue weighted by Crippen LogP contribution is -2.37. The van der Waals surface area contributed by atoms with Gasteiger partial charge in [0.25, 0.3) is 0 Å². The molecule has 0 radical (unpaired) electrons. The Labute approximate surface area is 101 Å². The van der Waals surface area contributed by atoms with Gasteiger partial charge in [-0.05, 0) is 25.8 Å². The van der Waals surface area contributed by atoms with E-state index in [1.165, 1.54) is 0 Å². The lowest BCUT2D eigenvalue weighted by molar-refractivity contribution is 0.0171. The molecule has 0 aliphatic heterocycles. The normalized spacial score (nSPS) is 13.1. The number of hydrogen-bond donors (Lipinski definition) is 2. The Bertz CT molecular complexity index is 362. The zero-order chi connectivity index (χ0) is 12.9. The van der Waals surface area contributed by atoms with Gasteiger partial charge in [-0.2, -0.15) is 0 Å². The minimum absolute atomic E-state index is 0.0329. The van der Waals surface area contributed by atoms with Crippen molar-refractivity contribution in [3.05, 3.63) is 35.9 Å². The zero-order valence-corrected chi connectivity index (χ0v) is 10.2. The summed E-state index contributed by atoms with van der Waals surface area (Å²) >= 11 is 0. The summed E-state index contributed by atoms with van der Waals surface area (Å²) in [6.45, 7) is 3.63. The van der Waals surface area contributed by atoms with Gasteiger partial charge in [0.2, 0.25) is 0 Å². The smallest absolute Gasteiger partial charge is 0.405 e. The highest BCUT2D eigenvalue weighted by atomic mass is 16.6. The van der Waals surface area contributed by atoms with E-state index in [0.717, 1.165) is 5.56 Å². The molecule has 0 aliphatic rings. The highest BCUT2D eigenvalue weighted by Crippen LogP contribution is 2.33. The Hall–Kier alpha value is -1.55. The number of nitrogens with two attached hydrogens (primary N) is 1. The Morgan fingerprint density at radius 2 is 2.00 bits per heavy atom. The molecule has 94 valence electrons. The molecule has 1 aromatic carbocycles. The van der Waals surface area contributed by atoms with Crippen molar-refractivity contribution in [3.8, 4) is 0 Å². The van der Waals surface area contributed by atoms with Gasteiger partial charge in [0.1, 0.15) is 5.60 Å². The Balaban J connectivity index is 2.96. The van der Waals surface area contributed by atoms with Crippen LogP contribution in [-0.4, -0.2) is 23.4 Å². The molecule has 0 aromatic heterocycles. The van der Waals surface area contributed by atoms with Gasteiger partial charge >= 0.3 is 6.09 Å². The standard InChI is InChI=1S/C13H19NO3/c1-13(2,17-12(14)16)11(8-9-15)10-6-4-3-5-7-10/h3-7,11,15H,8-9H2,1-2H3,(H2,14,16). The maximum Gasteiger partial charge on any atom is 0.405 e. The monoisotopic (exact) mass is 237 g/mol. The number of primary amides is 1. The quantitative estimate of drug-likeness (QED) is 0.823. The lowest BCUT2D eigenvalue weighted by Gasteiger charge is -2.33. The number of amides is 1. The molecule has 1 unspecified atom stereocenters. The van der Waals surface area contributed by atoms with E-state index in [1.807, 2.05) is 30.3 Å². The van der Waals surface area contributed by atoms with Crippen molar-refractivity contribution in [2.75, 3.05) is 6.61 Å². The molecule has 0 aliphatic carbocycles. The lowest BCUT2D eigenvalue weighted by atomic mass is 9.82. The minimum atomic E-state index is -0.797. The summed E-state index contributed by atoms with van der Waals surface area (Å²) in [7, 11) is 0. The van der Waals surface area contributed by atoms with Crippen molar-refractivity contribution in [2.24, 2.45) is 5.73 Å². The van der Waals surface area contributed by atoms with Crippen molar-refractivity contribution >= 4 is 6.09 Å². The number of aliphatic hydroxyl groups excluding tert-OH is 1. The fraction of sp³-hybridized carbons (Fsp3) is 0.462. The summed E-state index contributed by atoms with van der Waals surface area (Å²) in [5.41, 5.74) is 5.35. The second kappa shape index (κ2) is 5.68. The predicted molar refractivity (Wildman–Crippen MR) is 65.6 cm³/mol. The van der Waals surface area contributed by atoms with Crippen molar-refractivity contribution < 1.29 is 14.6 Å². The Morgan fingerprint density at radius 1 is 1.41 bits per heavy atom. The first-order chi connectivity index (χ1) is 7.97. The first-order valence-electron chi connectivity index (χ1n) is 5.61. The van der Waals surface area contributed by atoms with Crippen LogP contribution in [0, 0.1) is 0 Å². The molecule has 1 amide bonds. The summed E-state index contributed by atoms with van der Waals surface area (Å²) in [4.78, 5) is 10.9. The summed E-state index contributed by atoms with van der Waals surface area (Å²) in [6.07, 6.45) is -0.279. The maximum absolute atomic E-state index is 10.9. The molecule has 1 aromatic rings. The number of ether oxygens (including phenoxy) is 1. The molecule has 4 nitrogen and oxygen atoms in total. The van der Waals surface area contributed by atoms with E-state index >= 15 is 0 Å². The topological polar surface area (TPSA) is 72.5 Å². The van der Waals surface area contributed by atoms with Crippen molar-refractivity contribution in [3.63, 3.8) is 0 Å². The summed E-state index contributed by atoms with van der Waals surface area (Å²) in [5, 5.41) is 9.12. The van der Waals surface area contributed by atoms with Gasteiger partial charge in [0, 0.05) is 12.5 Å². The van der Waals surface area contributed by atoms with Crippen LogP contribution in [0.15, 0.2) is 30.3 Å². The third-order valence-electron chi connectivity index (χ3n) is 2.82. The van der Waals surface area contributed by atoms with Crippen LogP contribution in [-0.2, 0) is 4.74 Å². The van der Waals surface area contributed by atoms with E-state index in [9.17, 15) is 4.79 Å². The van der Waals surface area contributed by atoms with Gasteiger partial charge in [-0.1, -0.05) is 30.3 Å². The Morgan fingerprint density at radius 3 is 2.47 bits per heavy atom. The van der Waals surface area contributed by atoms with Gasteiger partial charge in [-0.15, -0.1) is 0 Å². The van der Waals surface area contributed by atoms with Crippen LogP contribution in [0.1, 0.15) is 31.7 Å². The van der Waals surface area contributed by atoms with Crippen molar-refractivity contribution in [1.82, 2.24) is 0 Å². The fourth-order valence-electron chi connectivity index (χ4n) is 2.06. The molecule has 3 N–H and O–H groups in total.